The van der Waals surface area contributed by atoms with E-state index in [9.17, 15) is 4.79 Å². The maximum atomic E-state index is 11.3. The lowest BCUT2D eigenvalue weighted by atomic mass is 9.71. The molecule has 3 nitrogen and oxygen atoms in total. The van der Waals surface area contributed by atoms with E-state index in [4.69, 9.17) is 4.74 Å². The fraction of sp³-hybridized carbons (Fsp3) is 0.917. The maximum absolute atomic E-state index is 11.3. The van der Waals surface area contributed by atoms with Gasteiger partial charge in [-0.15, -0.1) is 0 Å². The summed E-state index contributed by atoms with van der Waals surface area (Å²) in [7, 11) is 1.76. The highest BCUT2D eigenvalue weighted by atomic mass is 16.5. The minimum absolute atomic E-state index is 0.115. The third-order valence-corrected chi connectivity index (χ3v) is 2.97. The number of rotatable bonds is 3. The SMILES string of the molecule is CNCC(=O)OC1CC(C)CC(C)(C)C1. The Morgan fingerprint density at radius 1 is 1.47 bits per heavy atom. The molecular weight excluding hydrogens is 190 g/mol. The van der Waals surface area contributed by atoms with E-state index < -0.39 is 0 Å². The van der Waals surface area contributed by atoms with Gasteiger partial charge in [-0.25, -0.2) is 0 Å². The highest BCUT2D eigenvalue weighted by Gasteiger charge is 2.33. The van der Waals surface area contributed by atoms with E-state index in [-0.39, 0.29) is 12.1 Å². The second-order valence-corrected chi connectivity index (χ2v) is 5.56. The molecule has 0 bridgehead atoms. The summed E-state index contributed by atoms with van der Waals surface area (Å²) in [5, 5.41) is 2.81. The Balaban J connectivity index is 2.45. The lowest BCUT2D eigenvalue weighted by Gasteiger charge is -2.38. The van der Waals surface area contributed by atoms with E-state index in [1.165, 1.54) is 6.42 Å². The van der Waals surface area contributed by atoms with Gasteiger partial charge in [-0.1, -0.05) is 20.8 Å². The summed E-state index contributed by atoms with van der Waals surface area (Å²) in [5.74, 6) is 0.522. The minimum Gasteiger partial charge on any atom is -0.461 e. The van der Waals surface area contributed by atoms with Crippen molar-refractivity contribution >= 4 is 5.97 Å². The number of esters is 1. The molecule has 0 spiro atoms. The number of likely N-dealkylation sites (N-methyl/N-ethyl adjacent to an activating group) is 1. The summed E-state index contributed by atoms with van der Waals surface area (Å²) in [6.45, 7) is 7.05. The topological polar surface area (TPSA) is 38.3 Å². The van der Waals surface area contributed by atoms with Gasteiger partial charge in [0.15, 0.2) is 0 Å². The lowest BCUT2D eigenvalue weighted by Crippen LogP contribution is -2.35. The monoisotopic (exact) mass is 213 g/mol. The van der Waals surface area contributed by atoms with Crippen LogP contribution in [0.3, 0.4) is 0 Å². The molecule has 1 fully saturated rings. The van der Waals surface area contributed by atoms with Crippen molar-refractivity contribution in [1.29, 1.82) is 0 Å². The molecule has 0 heterocycles. The Labute approximate surface area is 92.6 Å². The summed E-state index contributed by atoms with van der Waals surface area (Å²) in [4.78, 5) is 11.3. The number of hydrogen-bond donors (Lipinski definition) is 1. The Kier molecular flexibility index (Phi) is 4.14. The highest BCUT2D eigenvalue weighted by Crippen LogP contribution is 2.39. The molecule has 0 amide bonds. The van der Waals surface area contributed by atoms with E-state index in [0.717, 1.165) is 12.8 Å². The van der Waals surface area contributed by atoms with Crippen LogP contribution in [-0.2, 0) is 9.53 Å². The zero-order chi connectivity index (χ0) is 11.5. The quantitative estimate of drug-likeness (QED) is 0.728. The fourth-order valence-corrected chi connectivity index (χ4v) is 2.72. The lowest BCUT2D eigenvalue weighted by molar-refractivity contribution is -0.152. The first-order valence-corrected chi connectivity index (χ1v) is 5.77. The molecule has 88 valence electrons. The van der Waals surface area contributed by atoms with Crippen molar-refractivity contribution in [2.75, 3.05) is 13.6 Å². The standard InChI is InChI=1S/C12H23NO2/c1-9-5-10(7-12(2,3)6-9)15-11(14)8-13-4/h9-10,13H,5-8H2,1-4H3. The first-order valence-electron chi connectivity index (χ1n) is 5.77. The molecular formula is C12H23NO2. The van der Waals surface area contributed by atoms with Crippen LogP contribution >= 0.6 is 0 Å². The first-order chi connectivity index (χ1) is 6.93. The summed E-state index contributed by atoms with van der Waals surface area (Å²) >= 11 is 0. The third kappa shape index (κ3) is 4.20. The molecule has 1 aliphatic carbocycles. The van der Waals surface area contributed by atoms with Gasteiger partial charge in [-0.2, -0.15) is 0 Å². The normalized spacial score (nSPS) is 29.9. The molecule has 0 aromatic rings. The Morgan fingerprint density at radius 3 is 2.67 bits per heavy atom. The third-order valence-electron chi connectivity index (χ3n) is 2.97. The minimum atomic E-state index is -0.132. The molecule has 1 rings (SSSR count). The van der Waals surface area contributed by atoms with Crippen molar-refractivity contribution < 1.29 is 9.53 Å². The Bertz CT molecular complexity index is 226. The average Bonchev–Trinajstić information content (AvgIpc) is 1.99. The Hall–Kier alpha value is -0.570. The zero-order valence-electron chi connectivity index (χ0n) is 10.3. The van der Waals surface area contributed by atoms with E-state index in [1.807, 2.05) is 0 Å². The van der Waals surface area contributed by atoms with Gasteiger partial charge >= 0.3 is 5.97 Å². The van der Waals surface area contributed by atoms with Crippen molar-refractivity contribution in [1.82, 2.24) is 5.32 Å². The molecule has 2 unspecified atom stereocenters. The fourth-order valence-electron chi connectivity index (χ4n) is 2.72. The predicted octanol–water partition coefficient (Wildman–Crippen LogP) is 1.96. The van der Waals surface area contributed by atoms with Crippen molar-refractivity contribution in [2.45, 2.75) is 46.1 Å². The Morgan fingerprint density at radius 2 is 2.13 bits per heavy atom. The van der Waals surface area contributed by atoms with Crippen molar-refractivity contribution in [3.8, 4) is 0 Å². The van der Waals surface area contributed by atoms with Gasteiger partial charge in [0, 0.05) is 0 Å². The number of nitrogens with one attached hydrogen (secondary N) is 1. The summed E-state index contributed by atoms with van der Waals surface area (Å²) < 4.78 is 5.44. The zero-order valence-corrected chi connectivity index (χ0v) is 10.3. The summed E-state index contributed by atoms with van der Waals surface area (Å²) in [6.07, 6.45) is 3.35. The largest absolute Gasteiger partial charge is 0.461 e. The van der Waals surface area contributed by atoms with Crippen molar-refractivity contribution in [3.05, 3.63) is 0 Å². The molecule has 0 aromatic carbocycles. The van der Waals surface area contributed by atoms with Gasteiger partial charge in [0.25, 0.3) is 0 Å². The van der Waals surface area contributed by atoms with Crippen LogP contribution in [0.5, 0.6) is 0 Å². The molecule has 2 atom stereocenters. The molecule has 1 aliphatic rings. The van der Waals surface area contributed by atoms with E-state index in [2.05, 4.69) is 26.1 Å². The van der Waals surface area contributed by atoms with Crippen LogP contribution in [0.2, 0.25) is 0 Å². The van der Waals surface area contributed by atoms with Gasteiger partial charge in [0.2, 0.25) is 0 Å². The van der Waals surface area contributed by atoms with Crippen LogP contribution in [0.1, 0.15) is 40.0 Å². The molecule has 1 saturated carbocycles. The summed E-state index contributed by atoms with van der Waals surface area (Å²) in [6, 6.07) is 0. The molecule has 3 heteroatoms. The van der Waals surface area contributed by atoms with Gasteiger partial charge in [0.05, 0.1) is 6.54 Å². The molecule has 15 heavy (non-hydrogen) atoms. The predicted molar refractivity (Wildman–Crippen MR) is 60.6 cm³/mol. The average molecular weight is 213 g/mol. The highest BCUT2D eigenvalue weighted by molar-refractivity contribution is 5.71. The molecule has 0 radical (unpaired) electrons. The second-order valence-electron chi connectivity index (χ2n) is 5.56. The molecule has 1 N–H and O–H groups in total. The molecule has 0 saturated heterocycles. The van der Waals surface area contributed by atoms with Crippen LogP contribution < -0.4 is 5.32 Å². The second kappa shape index (κ2) is 4.97. The van der Waals surface area contributed by atoms with Crippen LogP contribution in [0.15, 0.2) is 0 Å². The number of ether oxygens (including phenoxy) is 1. The van der Waals surface area contributed by atoms with Crippen molar-refractivity contribution in [3.63, 3.8) is 0 Å². The van der Waals surface area contributed by atoms with Crippen LogP contribution in [0.25, 0.3) is 0 Å². The maximum Gasteiger partial charge on any atom is 0.320 e. The number of carbonyl (C=O) groups excluding carboxylic acids is 1. The molecule has 0 aliphatic heterocycles. The van der Waals surface area contributed by atoms with Crippen LogP contribution in [0, 0.1) is 11.3 Å². The van der Waals surface area contributed by atoms with Gasteiger partial charge in [-0.3, -0.25) is 4.79 Å². The van der Waals surface area contributed by atoms with Crippen LogP contribution in [0.4, 0.5) is 0 Å². The number of carbonyl (C=O) groups is 1. The smallest absolute Gasteiger partial charge is 0.320 e. The van der Waals surface area contributed by atoms with Crippen molar-refractivity contribution in [2.24, 2.45) is 11.3 Å². The van der Waals surface area contributed by atoms with E-state index in [0.29, 0.717) is 17.9 Å². The van der Waals surface area contributed by atoms with Gasteiger partial charge < -0.3 is 10.1 Å². The number of hydrogen-bond acceptors (Lipinski definition) is 3. The summed E-state index contributed by atoms with van der Waals surface area (Å²) in [5.41, 5.74) is 0.308. The first kappa shape index (κ1) is 12.5. The van der Waals surface area contributed by atoms with E-state index in [1.54, 1.807) is 7.05 Å². The van der Waals surface area contributed by atoms with Gasteiger partial charge in [0.1, 0.15) is 6.10 Å². The van der Waals surface area contributed by atoms with Gasteiger partial charge in [-0.05, 0) is 37.6 Å². The van der Waals surface area contributed by atoms with E-state index >= 15 is 0 Å². The molecule has 0 aromatic heterocycles. The van der Waals surface area contributed by atoms with Crippen LogP contribution in [-0.4, -0.2) is 25.7 Å².